The maximum absolute atomic E-state index is 14.8. The van der Waals surface area contributed by atoms with Crippen molar-refractivity contribution in [1.82, 2.24) is 42.1 Å². The molecule has 1 aliphatic heterocycles. The number of carboxylic acids is 1. The first-order chi connectivity index (χ1) is 39.3. The molecule has 23 N–H and O–H groups in total. The van der Waals surface area contributed by atoms with Crippen LogP contribution in [0.1, 0.15) is 95.6 Å². The zero-order valence-electron chi connectivity index (χ0n) is 46.7. The number of amides is 10. The van der Waals surface area contributed by atoms with Gasteiger partial charge in [0.05, 0.1) is 6.42 Å². The van der Waals surface area contributed by atoms with Gasteiger partial charge in [0.2, 0.25) is 59.1 Å². The Morgan fingerprint density at radius 3 is 1.60 bits per heavy atom. The molecule has 2 aromatic rings. The van der Waals surface area contributed by atoms with Crippen molar-refractivity contribution in [3.8, 4) is 5.75 Å². The molecule has 2 aromatic carbocycles. The summed E-state index contributed by atoms with van der Waals surface area (Å²) in [5.41, 5.74) is 39.3. The number of rotatable bonds is 36. The maximum Gasteiger partial charge on any atom is 0.303 e. The van der Waals surface area contributed by atoms with E-state index in [0.29, 0.717) is 17.5 Å². The van der Waals surface area contributed by atoms with Crippen molar-refractivity contribution in [2.75, 3.05) is 26.2 Å². The van der Waals surface area contributed by atoms with Crippen LogP contribution in [0.25, 0.3) is 0 Å². The van der Waals surface area contributed by atoms with E-state index in [0.717, 1.165) is 0 Å². The molecule has 1 aliphatic rings. The van der Waals surface area contributed by atoms with Gasteiger partial charge in [-0.25, -0.2) is 0 Å². The third kappa shape index (κ3) is 25.1. The Morgan fingerprint density at radius 1 is 0.590 bits per heavy atom. The molecule has 8 atom stereocenters. The van der Waals surface area contributed by atoms with Crippen LogP contribution in [0, 0.1) is 5.92 Å². The second-order valence-corrected chi connectivity index (χ2v) is 20.3. The fourth-order valence-corrected chi connectivity index (χ4v) is 8.86. The summed E-state index contributed by atoms with van der Waals surface area (Å²) in [5, 5.41) is 37.6. The number of phenolic OH excluding ortho intramolecular Hbond substituents is 1. The lowest BCUT2D eigenvalue weighted by molar-refractivity contribution is -0.142. The normalized spacial score (nSPS) is 15.3. The van der Waals surface area contributed by atoms with Gasteiger partial charge in [0, 0.05) is 51.9 Å². The molecule has 1 saturated heterocycles. The molecule has 0 spiro atoms. The molecule has 0 aliphatic carbocycles. The number of phenols is 1. The number of aliphatic imine (C=N–C) groups is 2. The number of nitrogens with one attached hydrogen (secondary N) is 7. The van der Waals surface area contributed by atoms with Crippen molar-refractivity contribution in [3.05, 3.63) is 65.7 Å². The van der Waals surface area contributed by atoms with Crippen molar-refractivity contribution < 1.29 is 63.0 Å². The van der Waals surface area contributed by atoms with Gasteiger partial charge in [-0.15, -0.1) is 0 Å². The van der Waals surface area contributed by atoms with Gasteiger partial charge in [0.15, 0.2) is 11.9 Å². The van der Waals surface area contributed by atoms with Crippen LogP contribution < -0.4 is 77.4 Å². The Morgan fingerprint density at radius 2 is 1.07 bits per heavy atom. The summed E-state index contributed by atoms with van der Waals surface area (Å²) in [6.45, 7) is 3.54. The van der Waals surface area contributed by atoms with E-state index in [1.165, 1.54) is 29.2 Å². The molecular formula is C53H81N17O13. The molecule has 0 aromatic heterocycles. The lowest BCUT2D eigenvalue weighted by atomic mass is 9.99. The van der Waals surface area contributed by atoms with Crippen LogP contribution in [0.4, 0.5) is 0 Å². The molecule has 456 valence electrons. The van der Waals surface area contributed by atoms with E-state index in [1.54, 1.807) is 44.2 Å². The number of nitrogens with zero attached hydrogens (tertiary/aromatic N) is 3. The molecule has 83 heavy (non-hydrogen) atoms. The second kappa shape index (κ2) is 34.9. The molecule has 3 rings (SSSR count). The van der Waals surface area contributed by atoms with Crippen molar-refractivity contribution in [1.29, 1.82) is 0 Å². The molecule has 0 saturated carbocycles. The summed E-state index contributed by atoms with van der Waals surface area (Å²) < 4.78 is 0. The minimum absolute atomic E-state index is 0.0151. The van der Waals surface area contributed by atoms with Crippen molar-refractivity contribution in [3.63, 3.8) is 0 Å². The zero-order valence-corrected chi connectivity index (χ0v) is 46.7. The number of likely N-dealkylation sites (tertiary alicyclic amines) is 1. The Balaban J connectivity index is 1.98. The summed E-state index contributed by atoms with van der Waals surface area (Å²) in [5.74, 6) is -10.7. The molecule has 30 nitrogen and oxygen atoms in total. The van der Waals surface area contributed by atoms with Gasteiger partial charge in [-0.05, 0) is 80.5 Å². The van der Waals surface area contributed by atoms with E-state index in [1.807, 2.05) is 0 Å². The predicted molar refractivity (Wildman–Crippen MR) is 303 cm³/mol. The van der Waals surface area contributed by atoms with E-state index in [-0.39, 0.29) is 108 Å². The van der Waals surface area contributed by atoms with Crippen LogP contribution in [-0.2, 0) is 65.6 Å². The van der Waals surface area contributed by atoms with E-state index >= 15 is 0 Å². The highest BCUT2D eigenvalue weighted by Crippen LogP contribution is 2.21. The number of nitrogens with two attached hydrogens (primary N) is 7. The summed E-state index contributed by atoms with van der Waals surface area (Å²) in [6, 6.07) is 3.10. The number of aliphatic carboxylic acids is 1. The van der Waals surface area contributed by atoms with Gasteiger partial charge < -0.3 is 92.5 Å². The number of guanidine groups is 2. The number of hydrogen-bond acceptors (Lipinski definition) is 15. The molecular weight excluding hydrogens is 1080 g/mol. The lowest BCUT2D eigenvalue weighted by Gasteiger charge is -2.31. The Hall–Kier alpha value is -9.09. The van der Waals surface area contributed by atoms with E-state index in [4.69, 9.17) is 40.1 Å². The van der Waals surface area contributed by atoms with Gasteiger partial charge in [0.25, 0.3) is 0 Å². The van der Waals surface area contributed by atoms with Gasteiger partial charge in [-0.2, -0.15) is 0 Å². The molecule has 30 heteroatoms. The standard InChI is InChI=1S/C53H81N17O13/c1-29(2)25-37(68-46(78)34(18-19-43(74)75)64-48(80)38(63-42(73)20-21-54)27-31-14-16-32(71)17-15-31)47(79)69-39(26-30-9-4-3-5-10-30)49(81)66-35(12-7-23-62-53(59)60)51(83)70-24-8-13-40(70)50(82)65-33(11-6-22-61-52(57)58)45(77)67-36(44(56)76)28-41(55)72/h3-5,9-10,14-17,29,33-40,71H,6-8,11-13,18-28,54H2,1-2H3,(H2,55,72)(H2,56,76)(H,63,73)(H,64,80)(H,65,82)(H,66,81)(H,67,77)(H,68,78)(H,69,79)(H,74,75)(H4,57,58,61)(H4,59,60,62)/t33-,34-,35-,36-,37-,38-,39-,40-/m0/s1. The number of benzene rings is 2. The number of carboxylic acid groups (broad SMARTS) is 1. The third-order valence-corrected chi connectivity index (χ3v) is 13.0. The van der Waals surface area contributed by atoms with Gasteiger partial charge in [-0.3, -0.25) is 62.7 Å². The zero-order chi connectivity index (χ0) is 61.8. The highest BCUT2D eigenvalue weighted by Gasteiger charge is 2.40. The molecule has 0 radical (unpaired) electrons. The number of carbonyl (C=O) groups is 11. The van der Waals surface area contributed by atoms with Crippen molar-refractivity contribution >= 4 is 77.0 Å². The first-order valence-electron chi connectivity index (χ1n) is 27.1. The smallest absolute Gasteiger partial charge is 0.303 e. The van der Waals surface area contributed by atoms with Crippen LogP contribution >= 0.6 is 0 Å². The van der Waals surface area contributed by atoms with E-state index < -0.39 is 133 Å². The molecule has 10 amide bonds. The van der Waals surface area contributed by atoms with Gasteiger partial charge >= 0.3 is 5.97 Å². The first-order valence-corrected chi connectivity index (χ1v) is 27.1. The van der Waals surface area contributed by atoms with Crippen molar-refractivity contribution in [2.24, 2.45) is 56.0 Å². The predicted octanol–water partition coefficient (Wildman–Crippen LogP) is -4.71. The molecule has 1 fully saturated rings. The van der Waals surface area contributed by atoms with E-state index in [9.17, 15) is 63.0 Å². The number of aromatic hydroxyl groups is 1. The topological polar surface area (TPSA) is 523 Å². The van der Waals surface area contributed by atoms with Crippen LogP contribution in [0.3, 0.4) is 0 Å². The lowest BCUT2D eigenvalue weighted by Crippen LogP contribution is -2.60. The SMILES string of the molecule is CC(C)C[C@H](NC(=O)[C@H](CCC(=O)O)NC(=O)[C@H](Cc1ccc(O)cc1)NC(=O)CCN)C(=O)N[C@@H](Cc1ccccc1)C(=O)N[C@@H](CCCN=C(N)N)C(=O)N1CCC[C@H]1C(=O)N[C@@H](CCCN=C(N)N)C(=O)N[C@@H](CC(N)=O)C(N)=O. The minimum atomic E-state index is -1.57. The summed E-state index contributed by atoms with van der Waals surface area (Å²) >= 11 is 0. The Kier molecular flexibility index (Phi) is 28.7. The molecule has 1 heterocycles. The van der Waals surface area contributed by atoms with Crippen molar-refractivity contribution in [2.45, 2.75) is 146 Å². The number of primary amides is 2. The Bertz CT molecular complexity index is 2610. The third-order valence-electron chi connectivity index (χ3n) is 13.0. The Labute approximate surface area is 480 Å². The molecule has 0 unspecified atom stereocenters. The minimum Gasteiger partial charge on any atom is -0.508 e. The number of carbonyl (C=O) groups excluding carboxylic acids is 10. The highest BCUT2D eigenvalue weighted by atomic mass is 16.4. The van der Waals surface area contributed by atoms with Crippen LogP contribution in [0.2, 0.25) is 0 Å². The average molecular weight is 1160 g/mol. The van der Waals surface area contributed by atoms with Gasteiger partial charge in [-0.1, -0.05) is 56.3 Å². The van der Waals surface area contributed by atoms with Gasteiger partial charge in [0.1, 0.15) is 54.1 Å². The van der Waals surface area contributed by atoms with Crippen LogP contribution in [-0.4, -0.2) is 167 Å². The quantitative estimate of drug-likeness (QED) is 0.0173. The monoisotopic (exact) mass is 1160 g/mol. The fraction of sp³-hybridized carbons (Fsp3) is 0.528. The summed E-state index contributed by atoms with van der Waals surface area (Å²) in [4.78, 5) is 157. The maximum atomic E-state index is 14.8. The fourth-order valence-electron chi connectivity index (χ4n) is 8.86. The van der Waals surface area contributed by atoms with E-state index in [2.05, 4.69) is 47.2 Å². The first kappa shape index (κ1) is 68.2. The molecule has 0 bridgehead atoms. The summed E-state index contributed by atoms with van der Waals surface area (Å²) in [7, 11) is 0. The largest absolute Gasteiger partial charge is 0.508 e. The summed E-state index contributed by atoms with van der Waals surface area (Å²) in [6.07, 6.45) is -1.61. The van der Waals surface area contributed by atoms with Crippen LogP contribution in [0.5, 0.6) is 5.75 Å². The van der Waals surface area contributed by atoms with Crippen LogP contribution in [0.15, 0.2) is 64.6 Å². The average Bonchev–Trinajstić information content (AvgIpc) is 4.12. The highest BCUT2D eigenvalue weighted by molar-refractivity contribution is 5.99. The number of hydrogen-bond donors (Lipinski definition) is 16. The second-order valence-electron chi connectivity index (χ2n) is 20.3.